The van der Waals surface area contributed by atoms with E-state index in [9.17, 15) is 0 Å². The van der Waals surface area contributed by atoms with Crippen LogP contribution in [-0.4, -0.2) is 14.4 Å². The third kappa shape index (κ3) is 2.53. The third-order valence-electron chi connectivity index (χ3n) is 7.75. The Morgan fingerprint density at radius 3 is 2.13 bits per heavy atom. The largest absolute Gasteiger partial charge is 0.454 e. The van der Waals surface area contributed by atoms with E-state index in [1.807, 2.05) is 30.3 Å². The lowest BCUT2D eigenvalue weighted by Crippen LogP contribution is -1.93. The molecular weight excluding hydrogens is 466 g/mol. The van der Waals surface area contributed by atoms with Crippen LogP contribution >= 0.6 is 0 Å². The Hall–Kier alpha value is -5.22. The molecule has 0 aliphatic rings. The second-order valence-electron chi connectivity index (χ2n) is 9.82. The van der Waals surface area contributed by atoms with Gasteiger partial charge in [0.25, 0.3) is 0 Å². The van der Waals surface area contributed by atoms with Gasteiger partial charge in [0.1, 0.15) is 16.7 Å². The normalized spacial score (nSPS) is 12.2. The van der Waals surface area contributed by atoms with Crippen LogP contribution in [0.5, 0.6) is 0 Å². The van der Waals surface area contributed by atoms with Crippen LogP contribution in [0.4, 0.5) is 0 Å². The van der Waals surface area contributed by atoms with Gasteiger partial charge in [-0.25, -0.2) is 9.97 Å². The number of nitrogens with zero attached hydrogens (tertiary/aromatic N) is 3. The lowest BCUT2D eigenvalue weighted by Gasteiger charge is -2.12. The van der Waals surface area contributed by atoms with Crippen LogP contribution in [0.3, 0.4) is 0 Å². The van der Waals surface area contributed by atoms with E-state index in [0.29, 0.717) is 0 Å². The predicted molar refractivity (Wildman–Crippen MR) is 156 cm³/mol. The highest BCUT2D eigenvalue weighted by Gasteiger charge is 2.19. The van der Waals surface area contributed by atoms with Crippen molar-refractivity contribution in [2.45, 2.75) is 0 Å². The van der Waals surface area contributed by atoms with Crippen molar-refractivity contribution in [3.05, 3.63) is 115 Å². The maximum Gasteiger partial charge on any atom is 0.162 e. The van der Waals surface area contributed by atoms with Gasteiger partial charge in [-0.2, -0.15) is 0 Å². The Morgan fingerprint density at radius 2 is 1.24 bits per heavy atom. The van der Waals surface area contributed by atoms with E-state index in [1.165, 1.54) is 10.8 Å². The summed E-state index contributed by atoms with van der Waals surface area (Å²) >= 11 is 0. The number of pyridine rings is 2. The monoisotopic (exact) mass is 485 g/mol. The standard InChI is InChI=1S/C34H19N3O/c1-2-10-22-21(9-1)25-19-20(17-18-28(25)37-29-15-7-6-14-27(29)36-34(22)37)31-23-11-3-5-13-26(23)35-32-24-12-4-8-16-30(24)38-33(31)32/h1-19H. The number of aromatic nitrogens is 3. The van der Waals surface area contributed by atoms with Gasteiger partial charge in [-0.1, -0.05) is 72.8 Å². The zero-order chi connectivity index (χ0) is 24.8. The van der Waals surface area contributed by atoms with Gasteiger partial charge < -0.3 is 4.42 Å². The zero-order valence-electron chi connectivity index (χ0n) is 20.2. The molecule has 0 saturated heterocycles. The van der Waals surface area contributed by atoms with Gasteiger partial charge in [0.2, 0.25) is 0 Å². The van der Waals surface area contributed by atoms with Crippen molar-refractivity contribution < 1.29 is 4.42 Å². The number of hydrogen-bond acceptors (Lipinski definition) is 3. The quantitative estimate of drug-likeness (QED) is 0.218. The molecule has 0 radical (unpaired) electrons. The van der Waals surface area contributed by atoms with Gasteiger partial charge in [0, 0.05) is 27.1 Å². The molecule has 0 aliphatic carbocycles. The van der Waals surface area contributed by atoms with E-state index in [2.05, 4.69) is 89.3 Å². The van der Waals surface area contributed by atoms with E-state index >= 15 is 0 Å². The molecule has 0 unspecified atom stereocenters. The second-order valence-corrected chi connectivity index (χ2v) is 9.82. The summed E-state index contributed by atoms with van der Waals surface area (Å²) in [6.07, 6.45) is 0. The Morgan fingerprint density at radius 1 is 0.526 bits per heavy atom. The Labute approximate surface area is 216 Å². The predicted octanol–water partition coefficient (Wildman–Crippen LogP) is 8.91. The Kier molecular flexibility index (Phi) is 3.76. The fourth-order valence-electron chi connectivity index (χ4n) is 6.09. The van der Waals surface area contributed by atoms with Gasteiger partial charge in [-0.15, -0.1) is 0 Å². The molecule has 0 saturated carbocycles. The average Bonchev–Trinajstić information content (AvgIpc) is 3.55. The fraction of sp³-hybridized carbons (Fsp3) is 0. The topological polar surface area (TPSA) is 43.3 Å². The molecule has 4 nitrogen and oxygen atoms in total. The number of benzene rings is 5. The van der Waals surface area contributed by atoms with Crippen molar-refractivity contribution in [3.8, 4) is 11.1 Å². The highest BCUT2D eigenvalue weighted by atomic mass is 16.3. The molecule has 176 valence electrons. The highest BCUT2D eigenvalue weighted by Crippen LogP contribution is 2.41. The first-order chi connectivity index (χ1) is 18.8. The minimum atomic E-state index is 0.822. The minimum absolute atomic E-state index is 0.822. The van der Waals surface area contributed by atoms with E-state index in [0.717, 1.165) is 71.7 Å². The number of fused-ring (bicyclic) bond motifs is 12. The van der Waals surface area contributed by atoms with Crippen LogP contribution in [0.2, 0.25) is 0 Å². The van der Waals surface area contributed by atoms with Crippen molar-refractivity contribution in [3.63, 3.8) is 0 Å². The lowest BCUT2D eigenvalue weighted by molar-refractivity contribution is 0.670. The molecule has 9 aromatic rings. The van der Waals surface area contributed by atoms with E-state index < -0.39 is 0 Å². The fourth-order valence-corrected chi connectivity index (χ4v) is 6.09. The minimum Gasteiger partial charge on any atom is -0.454 e. The van der Waals surface area contributed by atoms with Gasteiger partial charge in [-0.05, 0) is 53.4 Å². The maximum atomic E-state index is 6.48. The van der Waals surface area contributed by atoms with E-state index in [4.69, 9.17) is 14.4 Å². The van der Waals surface area contributed by atoms with E-state index in [1.54, 1.807) is 0 Å². The molecule has 0 atom stereocenters. The molecule has 0 N–H and O–H groups in total. The molecule has 0 amide bonds. The molecular formula is C34H19N3O. The summed E-state index contributed by atoms with van der Waals surface area (Å²) in [5.74, 6) is 0. The second kappa shape index (κ2) is 7.17. The maximum absolute atomic E-state index is 6.48. The van der Waals surface area contributed by atoms with Crippen LogP contribution in [0, 0.1) is 0 Å². The van der Waals surface area contributed by atoms with Crippen molar-refractivity contribution in [1.82, 2.24) is 14.4 Å². The molecule has 9 rings (SSSR count). The number of furan rings is 1. The summed E-state index contributed by atoms with van der Waals surface area (Å²) in [7, 11) is 0. The summed E-state index contributed by atoms with van der Waals surface area (Å²) in [5, 5.41) is 5.62. The number of imidazole rings is 1. The first-order valence-electron chi connectivity index (χ1n) is 12.8. The number of hydrogen-bond donors (Lipinski definition) is 0. The van der Waals surface area contributed by atoms with Gasteiger partial charge >= 0.3 is 0 Å². The zero-order valence-corrected chi connectivity index (χ0v) is 20.2. The molecule has 4 heteroatoms. The van der Waals surface area contributed by atoms with Gasteiger partial charge in [0.15, 0.2) is 5.58 Å². The summed E-state index contributed by atoms with van der Waals surface area (Å²) in [6, 6.07) is 40.1. The smallest absolute Gasteiger partial charge is 0.162 e. The highest BCUT2D eigenvalue weighted by molar-refractivity contribution is 6.18. The Bertz CT molecular complexity index is 2410. The molecule has 5 aromatic carbocycles. The van der Waals surface area contributed by atoms with Crippen LogP contribution in [0.25, 0.3) is 82.5 Å². The summed E-state index contributed by atoms with van der Waals surface area (Å²) < 4.78 is 8.77. The molecule has 38 heavy (non-hydrogen) atoms. The van der Waals surface area contributed by atoms with Crippen LogP contribution < -0.4 is 0 Å². The molecule has 0 spiro atoms. The van der Waals surface area contributed by atoms with Gasteiger partial charge in [0.05, 0.1) is 22.1 Å². The van der Waals surface area contributed by atoms with Crippen molar-refractivity contribution in [2.75, 3.05) is 0 Å². The number of rotatable bonds is 1. The summed E-state index contributed by atoms with van der Waals surface area (Å²) in [6.45, 7) is 0. The van der Waals surface area contributed by atoms with Crippen LogP contribution in [-0.2, 0) is 0 Å². The summed E-state index contributed by atoms with van der Waals surface area (Å²) in [5.41, 5.74) is 9.94. The summed E-state index contributed by atoms with van der Waals surface area (Å²) in [4.78, 5) is 10.0. The SMILES string of the molecule is c1ccc2c(-c3ccc4c(c3)c3ccccc3c3nc5ccccc5n43)c3oc4ccccc4c3nc2c1. The molecule has 4 heterocycles. The molecule has 0 fully saturated rings. The first-order valence-corrected chi connectivity index (χ1v) is 12.8. The van der Waals surface area contributed by atoms with Crippen molar-refractivity contribution in [1.29, 1.82) is 0 Å². The van der Waals surface area contributed by atoms with Crippen molar-refractivity contribution >= 4 is 71.3 Å². The van der Waals surface area contributed by atoms with Crippen molar-refractivity contribution in [2.24, 2.45) is 0 Å². The van der Waals surface area contributed by atoms with Gasteiger partial charge in [-0.3, -0.25) is 4.40 Å². The molecule has 0 aliphatic heterocycles. The third-order valence-corrected chi connectivity index (χ3v) is 7.75. The van der Waals surface area contributed by atoms with Crippen LogP contribution in [0.1, 0.15) is 0 Å². The van der Waals surface area contributed by atoms with Crippen LogP contribution in [0.15, 0.2) is 120 Å². The Balaban J connectivity index is 1.47. The lowest BCUT2D eigenvalue weighted by atomic mass is 9.96. The van der Waals surface area contributed by atoms with E-state index in [-0.39, 0.29) is 0 Å². The molecule has 0 bridgehead atoms. The number of para-hydroxylation sites is 4. The first kappa shape index (κ1) is 19.9. The average molecular weight is 486 g/mol. The molecule has 4 aromatic heterocycles.